The molecule has 3 rings (SSSR count). The molecule has 1 fully saturated rings. The molecule has 1 aliphatic rings. The molecule has 1 aliphatic carbocycles. The van der Waals surface area contributed by atoms with E-state index in [1.807, 2.05) is 37.3 Å². The van der Waals surface area contributed by atoms with Crippen LogP contribution in [0.4, 0.5) is 0 Å². The summed E-state index contributed by atoms with van der Waals surface area (Å²) < 4.78 is 2.25. The average molecular weight is 366 g/mol. The van der Waals surface area contributed by atoms with Gasteiger partial charge in [-0.2, -0.15) is 0 Å². The monoisotopic (exact) mass is 365 g/mol. The van der Waals surface area contributed by atoms with E-state index in [9.17, 15) is 4.79 Å². The molecule has 0 spiro atoms. The first-order valence-electron chi connectivity index (χ1n) is 7.03. The number of halogens is 1. The Hall–Kier alpha value is -1.14. The van der Waals surface area contributed by atoms with E-state index in [-0.39, 0.29) is 11.2 Å². The van der Waals surface area contributed by atoms with Crippen LogP contribution in [0.1, 0.15) is 48.3 Å². The number of aromatic nitrogens is 3. The van der Waals surface area contributed by atoms with Gasteiger partial charge in [0.1, 0.15) is 0 Å². The van der Waals surface area contributed by atoms with Crippen LogP contribution >= 0.6 is 27.7 Å². The van der Waals surface area contributed by atoms with E-state index in [0.29, 0.717) is 15.5 Å². The molecule has 0 amide bonds. The lowest BCUT2D eigenvalue weighted by molar-refractivity contribution is 0.107. The van der Waals surface area contributed by atoms with Gasteiger partial charge in [0.15, 0.2) is 10.3 Å². The molecule has 0 saturated heterocycles. The fourth-order valence-electron chi connectivity index (χ4n) is 2.29. The van der Waals surface area contributed by atoms with Gasteiger partial charge in [-0.15, -0.1) is 5.10 Å². The Morgan fingerprint density at radius 1 is 1.38 bits per heavy atom. The van der Waals surface area contributed by atoms with Crippen molar-refractivity contribution in [2.75, 3.05) is 0 Å². The number of carbonyl (C=O) groups is 1. The Labute approximate surface area is 136 Å². The molecule has 1 heterocycles. The molecule has 0 N–H and O–H groups in total. The molecule has 0 aliphatic heterocycles. The molecular weight excluding hydrogens is 350 g/mol. The molecule has 21 heavy (non-hydrogen) atoms. The number of hydrogen-bond donors (Lipinski definition) is 0. The van der Waals surface area contributed by atoms with Crippen LogP contribution in [0.3, 0.4) is 0 Å². The Bertz CT molecular complexity index is 640. The number of hydrogen-bond acceptors (Lipinski definition) is 4. The number of benzene rings is 1. The van der Waals surface area contributed by atoms with Crippen LogP contribution in [0.15, 0.2) is 34.9 Å². The summed E-state index contributed by atoms with van der Waals surface area (Å²) in [6.45, 7) is 2.03. The molecule has 1 aromatic heterocycles. The zero-order valence-electron chi connectivity index (χ0n) is 11.7. The smallest absolute Gasteiger partial charge is 0.240 e. The van der Waals surface area contributed by atoms with Gasteiger partial charge in [0, 0.05) is 5.25 Å². The van der Waals surface area contributed by atoms with E-state index in [4.69, 9.17) is 0 Å². The highest BCUT2D eigenvalue weighted by Gasteiger charge is 2.28. The lowest BCUT2D eigenvalue weighted by atomic mass is 10.0. The highest BCUT2D eigenvalue weighted by molar-refractivity contribution is 9.10. The Balaban J connectivity index is 1.87. The van der Waals surface area contributed by atoms with Crippen LogP contribution in [0.2, 0.25) is 0 Å². The number of thioether (sulfide) groups is 1. The third-order valence-corrected chi connectivity index (χ3v) is 5.57. The second kappa shape index (κ2) is 6.32. The van der Waals surface area contributed by atoms with Crippen LogP contribution in [-0.4, -0.2) is 25.4 Å². The van der Waals surface area contributed by atoms with Crippen LogP contribution in [0, 0.1) is 0 Å². The van der Waals surface area contributed by atoms with Crippen LogP contribution in [0.25, 0.3) is 0 Å². The van der Waals surface area contributed by atoms with E-state index >= 15 is 0 Å². The first-order chi connectivity index (χ1) is 10.2. The molecule has 1 saturated carbocycles. The van der Waals surface area contributed by atoms with Gasteiger partial charge in [0.2, 0.25) is 5.12 Å². The quantitative estimate of drug-likeness (QED) is 0.818. The molecule has 110 valence electrons. The van der Waals surface area contributed by atoms with Crippen molar-refractivity contribution in [3.8, 4) is 0 Å². The normalized spacial score (nSPS) is 16.5. The molecule has 1 atom stereocenters. The van der Waals surface area contributed by atoms with Crippen molar-refractivity contribution in [1.82, 2.24) is 15.0 Å². The van der Waals surface area contributed by atoms with Crippen molar-refractivity contribution in [2.24, 2.45) is 0 Å². The summed E-state index contributed by atoms with van der Waals surface area (Å²) in [5.41, 5.74) is 1.67. The summed E-state index contributed by atoms with van der Waals surface area (Å²) in [6, 6.07) is 10.0. The van der Waals surface area contributed by atoms with Crippen LogP contribution in [0.5, 0.6) is 0 Å². The number of rotatable bonds is 4. The molecular formula is C15H16BrN3OS. The Kier molecular flexibility index (Phi) is 4.45. The second-order valence-corrected chi connectivity index (χ2v) is 7.24. The number of nitrogens with zero attached hydrogens (tertiary/aromatic N) is 3. The van der Waals surface area contributed by atoms with Crippen LogP contribution in [-0.2, 0) is 0 Å². The van der Waals surface area contributed by atoms with Gasteiger partial charge in [-0.3, -0.25) is 4.79 Å². The van der Waals surface area contributed by atoms with Crippen molar-refractivity contribution in [2.45, 2.75) is 37.5 Å². The first-order valence-corrected chi connectivity index (χ1v) is 8.70. The summed E-state index contributed by atoms with van der Waals surface area (Å²) in [6.07, 6.45) is 3.48. The van der Waals surface area contributed by atoms with Crippen molar-refractivity contribution < 1.29 is 4.79 Å². The highest BCUT2D eigenvalue weighted by Crippen LogP contribution is 2.35. The van der Waals surface area contributed by atoms with Gasteiger partial charge >= 0.3 is 0 Å². The molecule has 1 aromatic carbocycles. The molecule has 0 bridgehead atoms. The third kappa shape index (κ3) is 3.06. The zero-order valence-corrected chi connectivity index (χ0v) is 14.1. The molecule has 4 nitrogen and oxygen atoms in total. The van der Waals surface area contributed by atoms with Gasteiger partial charge in [0.25, 0.3) is 0 Å². The molecule has 6 heteroatoms. The Morgan fingerprint density at radius 3 is 2.71 bits per heavy atom. The maximum atomic E-state index is 12.5. The summed E-state index contributed by atoms with van der Waals surface area (Å²) in [5, 5.41) is 8.69. The summed E-state index contributed by atoms with van der Waals surface area (Å²) in [5.74, 6) is 0. The maximum absolute atomic E-state index is 12.5. The van der Waals surface area contributed by atoms with E-state index in [1.54, 1.807) is 4.68 Å². The predicted octanol–water partition coefficient (Wildman–Crippen LogP) is 4.08. The van der Waals surface area contributed by atoms with E-state index in [2.05, 4.69) is 26.2 Å². The highest BCUT2D eigenvalue weighted by atomic mass is 79.9. The minimum atomic E-state index is -0.0223. The van der Waals surface area contributed by atoms with Crippen molar-refractivity contribution >= 4 is 32.8 Å². The zero-order chi connectivity index (χ0) is 14.8. The third-order valence-electron chi connectivity index (χ3n) is 3.82. The SMILES string of the molecule is C[C@H](c1ccccc1)n1nnc(Br)c1C(=O)SC1CCC1. The molecule has 0 unspecified atom stereocenters. The van der Waals surface area contributed by atoms with Crippen molar-refractivity contribution in [1.29, 1.82) is 0 Å². The van der Waals surface area contributed by atoms with E-state index in [1.165, 1.54) is 18.2 Å². The van der Waals surface area contributed by atoms with Gasteiger partial charge in [-0.1, -0.05) is 53.7 Å². The van der Waals surface area contributed by atoms with E-state index in [0.717, 1.165) is 18.4 Å². The fourth-order valence-corrected chi connectivity index (χ4v) is 4.03. The van der Waals surface area contributed by atoms with Crippen molar-refractivity contribution in [3.05, 3.63) is 46.2 Å². The predicted molar refractivity (Wildman–Crippen MR) is 87.5 cm³/mol. The second-order valence-electron chi connectivity index (χ2n) is 5.22. The first kappa shape index (κ1) is 14.8. The van der Waals surface area contributed by atoms with Crippen molar-refractivity contribution in [3.63, 3.8) is 0 Å². The lowest BCUT2D eigenvalue weighted by Crippen LogP contribution is -2.19. The molecule has 2 aromatic rings. The lowest BCUT2D eigenvalue weighted by Gasteiger charge is -2.24. The number of carbonyl (C=O) groups excluding carboxylic acids is 1. The topological polar surface area (TPSA) is 47.8 Å². The van der Waals surface area contributed by atoms with E-state index < -0.39 is 0 Å². The molecule has 0 radical (unpaired) electrons. The van der Waals surface area contributed by atoms with Gasteiger partial charge < -0.3 is 0 Å². The minimum Gasteiger partial charge on any atom is -0.280 e. The van der Waals surface area contributed by atoms with Gasteiger partial charge in [-0.25, -0.2) is 4.68 Å². The summed E-state index contributed by atoms with van der Waals surface area (Å²) in [7, 11) is 0. The summed E-state index contributed by atoms with van der Waals surface area (Å²) in [4.78, 5) is 12.5. The largest absolute Gasteiger partial charge is 0.280 e. The maximum Gasteiger partial charge on any atom is 0.240 e. The minimum absolute atomic E-state index is 0.0223. The standard InChI is InChI=1S/C15H16BrN3OS/c1-10(11-6-3-2-4-7-11)19-13(14(16)17-18-19)15(20)21-12-8-5-9-12/h2-4,6-7,10,12H,5,8-9H2,1H3/t10-/m1/s1. The average Bonchev–Trinajstić information content (AvgIpc) is 2.84. The summed E-state index contributed by atoms with van der Waals surface area (Å²) >= 11 is 4.78. The fraction of sp³-hybridized carbons (Fsp3) is 0.400. The van der Waals surface area contributed by atoms with Gasteiger partial charge in [-0.05, 0) is 41.3 Å². The van der Waals surface area contributed by atoms with Crippen LogP contribution < -0.4 is 0 Å². The van der Waals surface area contributed by atoms with Gasteiger partial charge in [0.05, 0.1) is 6.04 Å². The Morgan fingerprint density at radius 2 is 2.10 bits per heavy atom.